The number of aromatic nitrogens is 4. The molecule has 41 heavy (non-hydrogen) atoms. The normalized spacial score (nSPS) is 10.8. The van der Waals surface area contributed by atoms with Crippen molar-refractivity contribution in [1.82, 2.24) is 15.0 Å². The second kappa shape index (κ2) is 15.9. The van der Waals surface area contributed by atoms with Gasteiger partial charge in [-0.25, -0.2) is 9.55 Å². The van der Waals surface area contributed by atoms with Crippen LogP contribution in [0.3, 0.4) is 0 Å². The average Bonchev–Trinajstić information content (AvgIpc) is 3.02. The zero-order chi connectivity index (χ0) is 27.4. The Kier molecular flexibility index (Phi) is 11.8. The number of pyridine rings is 4. The Labute approximate surface area is 255 Å². The van der Waals surface area contributed by atoms with Gasteiger partial charge in [-0.05, 0) is 65.9 Å². The predicted octanol–water partition coefficient (Wildman–Crippen LogP) is 5.51. The Hall–Kier alpha value is -3.70. The van der Waals surface area contributed by atoms with E-state index in [0.29, 0.717) is 0 Å². The summed E-state index contributed by atoms with van der Waals surface area (Å²) in [5.41, 5.74) is 8.35. The summed E-state index contributed by atoms with van der Waals surface area (Å²) in [4.78, 5) is 14.0. The lowest BCUT2D eigenvalue weighted by Gasteiger charge is -2.10. The van der Waals surface area contributed by atoms with Gasteiger partial charge in [0.2, 0.25) is 0 Å². The standard InChI is InChI=1S/C36H39N4.BrH/c1-2-3-4-5-6-7-8-13-29-20-24-40(25-21-29)28-30-16-18-31(19-17-30)32-26-35(33-14-9-11-22-37-33)39-36(27-32)34-15-10-12-23-38-34;/h9-12,14-27H,2-8,13,28H2,1H3;1H/q+1;/p-1. The molecule has 5 heteroatoms. The van der Waals surface area contributed by atoms with Crippen molar-refractivity contribution in [1.29, 1.82) is 0 Å². The van der Waals surface area contributed by atoms with E-state index in [-0.39, 0.29) is 17.0 Å². The first-order valence-corrected chi connectivity index (χ1v) is 14.7. The van der Waals surface area contributed by atoms with Crippen molar-refractivity contribution in [3.63, 3.8) is 0 Å². The molecule has 4 aromatic heterocycles. The van der Waals surface area contributed by atoms with Gasteiger partial charge in [0.05, 0.1) is 22.8 Å². The lowest BCUT2D eigenvalue weighted by atomic mass is 10.0. The lowest BCUT2D eigenvalue weighted by molar-refractivity contribution is -0.688. The van der Waals surface area contributed by atoms with Gasteiger partial charge in [0.15, 0.2) is 18.9 Å². The van der Waals surface area contributed by atoms with Gasteiger partial charge in [-0.3, -0.25) is 9.97 Å². The van der Waals surface area contributed by atoms with Crippen LogP contribution in [0.25, 0.3) is 33.9 Å². The highest BCUT2D eigenvalue weighted by molar-refractivity contribution is 5.74. The van der Waals surface area contributed by atoms with Crippen LogP contribution in [0.5, 0.6) is 0 Å². The van der Waals surface area contributed by atoms with E-state index in [9.17, 15) is 0 Å². The van der Waals surface area contributed by atoms with Crippen LogP contribution in [0.4, 0.5) is 0 Å². The van der Waals surface area contributed by atoms with Crippen molar-refractivity contribution in [3.8, 4) is 33.9 Å². The summed E-state index contributed by atoms with van der Waals surface area (Å²) in [6, 6.07) is 29.4. The maximum atomic E-state index is 4.89. The fourth-order valence-electron chi connectivity index (χ4n) is 5.05. The topological polar surface area (TPSA) is 42.5 Å². The first-order valence-electron chi connectivity index (χ1n) is 14.7. The molecule has 0 aliphatic rings. The third-order valence-electron chi connectivity index (χ3n) is 7.36. The molecular formula is C36H39BrN4. The third kappa shape index (κ3) is 8.89. The summed E-state index contributed by atoms with van der Waals surface area (Å²) in [6.45, 7) is 3.13. The summed E-state index contributed by atoms with van der Waals surface area (Å²) >= 11 is 0. The minimum absolute atomic E-state index is 0. The van der Waals surface area contributed by atoms with E-state index in [2.05, 4.69) is 82.4 Å². The van der Waals surface area contributed by atoms with Crippen LogP contribution in [0.15, 0.2) is 110 Å². The molecule has 0 amide bonds. The lowest BCUT2D eigenvalue weighted by Crippen LogP contribution is -3.00. The molecule has 0 unspecified atom stereocenters. The molecule has 1 aromatic carbocycles. The molecule has 5 aromatic rings. The number of benzene rings is 1. The number of unbranched alkanes of at least 4 members (excludes halogenated alkanes) is 6. The minimum Gasteiger partial charge on any atom is -1.00 e. The van der Waals surface area contributed by atoms with Crippen molar-refractivity contribution >= 4 is 0 Å². The number of hydrogen-bond acceptors (Lipinski definition) is 3. The molecule has 0 bridgehead atoms. The van der Waals surface area contributed by atoms with Crippen molar-refractivity contribution in [2.24, 2.45) is 0 Å². The van der Waals surface area contributed by atoms with Crippen LogP contribution in [0.1, 0.15) is 63.0 Å². The van der Waals surface area contributed by atoms with Gasteiger partial charge < -0.3 is 17.0 Å². The van der Waals surface area contributed by atoms with E-state index in [0.717, 1.165) is 40.4 Å². The van der Waals surface area contributed by atoms with Crippen LogP contribution in [0, 0.1) is 0 Å². The molecule has 210 valence electrons. The zero-order valence-electron chi connectivity index (χ0n) is 23.9. The monoisotopic (exact) mass is 606 g/mol. The number of aryl methyl sites for hydroxylation is 1. The van der Waals surface area contributed by atoms with E-state index >= 15 is 0 Å². The molecule has 4 nitrogen and oxygen atoms in total. The first kappa shape index (κ1) is 30.3. The minimum atomic E-state index is 0. The Balaban J connectivity index is 0.00000387. The van der Waals surface area contributed by atoms with Crippen LogP contribution in [0.2, 0.25) is 0 Å². The number of halogens is 1. The van der Waals surface area contributed by atoms with Crippen LogP contribution < -0.4 is 21.5 Å². The van der Waals surface area contributed by atoms with Gasteiger partial charge in [0.25, 0.3) is 0 Å². The molecule has 5 rings (SSSR count). The zero-order valence-corrected chi connectivity index (χ0v) is 25.5. The molecule has 0 saturated carbocycles. The van der Waals surface area contributed by atoms with Crippen molar-refractivity contribution in [3.05, 3.63) is 121 Å². The summed E-state index contributed by atoms with van der Waals surface area (Å²) in [7, 11) is 0. The Morgan fingerprint density at radius 1 is 0.561 bits per heavy atom. The molecular weight excluding hydrogens is 568 g/mol. The number of nitrogens with zero attached hydrogens (tertiary/aromatic N) is 4. The molecule has 0 saturated heterocycles. The molecule has 0 fully saturated rings. The molecule has 4 heterocycles. The van der Waals surface area contributed by atoms with E-state index in [4.69, 9.17) is 4.98 Å². The summed E-state index contributed by atoms with van der Waals surface area (Å²) < 4.78 is 2.26. The Morgan fingerprint density at radius 2 is 1.15 bits per heavy atom. The van der Waals surface area contributed by atoms with Crippen LogP contribution >= 0.6 is 0 Å². The highest BCUT2D eigenvalue weighted by Gasteiger charge is 2.11. The van der Waals surface area contributed by atoms with Crippen LogP contribution in [-0.2, 0) is 13.0 Å². The van der Waals surface area contributed by atoms with E-state index in [1.54, 1.807) is 12.4 Å². The summed E-state index contributed by atoms with van der Waals surface area (Å²) in [5.74, 6) is 0. The number of rotatable bonds is 13. The maximum absolute atomic E-state index is 4.89. The fourth-order valence-corrected chi connectivity index (χ4v) is 5.05. The third-order valence-corrected chi connectivity index (χ3v) is 7.36. The van der Waals surface area contributed by atoms with Gasteiger partial charge in [0, 0.05) is 30.1 Å². The largest absolute Gasteiger partial charge is 1.00 e. The highest BCUT2D eigenvalue weighted by Crippen LogP contribution is 2.29. The van der Waals surface area contributed by atoms with Gasteiger partial charge in [-0.2, -0.15) is 0 Å². The average molecular weight is 608 g/mol. The quantitative estimate of drug-likeness (QED) is 0.131. The van der Waals surface area contributed by atoms with Gasteiger partial charge in [0.1, 0.15) is 0 Å². The second-order valence-electron chi connectivity index (χ2n) is 10.5. The van der Waals surface area contributed by atoms with Gasteiger partial charge >= 0.3 is 0 Å². The SMILES string of the molecule is CCCCCCCCCc1cc[n+](Cc2ccc(-c3cc(-c4ccccn4)nc(-c4ccccn4)c3)cc2)cc1.[Br-]. The molecule has 0 radical (unpaired) electrons. The van der Waals surface area contributed by atoms with Crippen molar-refractivity contribution in [2.75, 3.05) is 0 Å². The second-order valence-corrected chi connectivity index (χ2v) is 10.5. The van der Waals surface area contributed by atoms with E-state index < -0.39 is 0 Å². The smallest absolute Gasteiger partial charge is 0.173 e. The summed E-state index contributed by atoms with van der Waals surface area (Å²) in [5, 5.41) is 0. The Bertz CT molecular complexity index is 1400. The van der Waals surface area contributed by atoms with Gasteiger partial charge in [-0.1, -0.05) is 81.8 Å². The fraction of sp³-hybridized carbons (Fsp3) is 0.278. The van der Waals surface area contributed by atoms with Crippen LogP contribution in [-0.4, -0.2) is 15.0 Å². The maximum Gasteiger partial charge on any atom is 0.173 e. The molecule has 0 N–H and O–H groups in total. The highest BCUT2D eigenvalue weighted by atomic mass is 79.9. The van der Waals surface area contributed by atoms with E-state index in [1.807, 2.05) is 36.4 Å². The summed E-state index contributed by atoms with van der Waals surface area (Å²) in [6.07, 6.45) is 18.7. The molecule has 0 spiro atoms. The first-order chi connectivity index (χ1) is 19.8. The molecule has 0 atom stereocenters. The molecule has 0 aliphatic carbocycles. The van der Waals surface area contributed by atoms with Crippen molar-refractivity contribution < 1.29 is 21.5 Å². The van der Waals surface area contributed by atoms with Crippen molar-refractivity contribution in [2.45, 2.75) is 64.8 Å². The number of hydrogen-bond donors (Lipinski definition) is 0. The predicted molar refractivity (Wildman–Crippen MR) is 164 cm³/mol. The van der Waals surface area contributed by atoms with E-state index in [1.165, 1.54) is 62.5 Å². The Morgan fingerprint density at radius 3 is 1.71 bits per heavy atom. The molecule has 0 aliphatic heterocycles. The van der Waals surface area contributed by atoms with Gasteiger partial charge in [-0.15, -0.1) is 0 Å².